The lowest BCUT2D eigenvalue weighted by Gasteiger charge is -2.30. The lowest BCUT2D eigenvalue weighted by molar-refractivity contribution is 0.173. The molecule has 0 aromatic heterocycles. The van der Waals surface area contributed by atoms with E-state index < -0.39 is 0 Å². The first-order valence-electron chi connectivity index (χ1n) is 16.5. The number of nitrogens with zero attached hydrogens (tertiary/aromatic N) is 1. The average Bonchev–Trinajstić information content (AvgIpc) is 3.03. The van der Waals surface area contributed by atoms with Crippen molar-refractivity contribution in [3.63, 3.8) is 0 Å². The van der Waals surface area contributed by atoms with Crippen LogP contribution in [0.1, 0.15) is 78.4 Å². The summed E-state index contributed by atoms with van der Waals surface area (Å²) in [6.45, 7) is 16.2. The summed E-state index contributed by atoms with van der Waals surface area (Å²) in [6.07, 6.45) is 13.2. The number of allylic oxidation sites excluding steroid dienone is 5. The van der Waals surface area contributed by atoms with Crippen LogP contribution in [0.25, 0.3) is 0 Å². The molecule has 0 aliphatic heterocycles. The van der Waals surface area contributed by atoms with Gasteiger partial charge in [0.25, 0.3) is 0 Å². The zero-order valence-electron chi connectivity index (χ0n) is 28.3. The molecule has 0 bridgehead atoms. The molecule has 3 aromatic rings. The molecule has 3 heteroatoms. The molecule has 44 heavy (non-hydrogen) atoms. The number of ether oxygens (including phenoxy) is 1. The average molecular weight is 595 g/mol. The predicted octanol–water partition coefficient (Wildman–Crippen LogP) is 9.99. The number of benzene rings is 3. The largest absolute Gasteiger partial charge is 0.493 e. The minimum atomic E-state index is 0.584. The van der Waals surface area contributed by atoms with Crippen molar-refractivity contribution >= 4 is 0 Å². The molecule has 0 unspecified atom stereocenters. The van der Waals surface area contributed by atoms with Crippen LogP contribution in [0.3, 0.4) is 0 Å². The third kappa shape index (κ3) is 16.4. The second-order valence-corrected chi connectivity index (χ2v) is 12.2. The van der Waals surface area contributed by atoms with Crippen molar-refractivity contribution < 1.29 is 4.74 Å². The molecule has 0 spiro atoms. The van der Waals surface area contributed by atoms with E-state index in [0.717, 1.165) is 44.4 Å². The molecule has 0 aliphatic rings. The molecular weight excluding hydrogens is 536 g/mol. The first-order chi connectivity index (χ1) is 21.3. The Morgan fingerprint density at radius 2 is 1.25 bits per heavy atom. The van der Waals surface area contributed by atoms with Gasteiger partial charge >= 0.3 is 0 Å². The number of rotatable bonds is 17. The van der Waals surface area contributed by atoms with E-state index in [9.17, 15) is 0 Å². The van der Waals surface area contributed by atoms with E-state index in [-0.39, 0.29) is 0 Å². The zero-order chi connectivity index (χ0) is 32.0. The third-order valence-electron chi connectivity index (χ3n) is 7.66. The standard InChI is InChI=1S/C35H52N2O.C6H6/c1-28(2)37(29(3)4)25-10-11-31(6)27-34(17-15-30(5)14-16-32-12-8-7-9-13-32)23-26-38-35-20-18-33(19-21-35)22-24-36;1-2-4-6-5-3-1/h7-9,12-13,15,17-21,27-29H,10-11,14,16,22-26,36H2,1-6H3;1-6H/b30-15+,31-27+,34-17-;. The predicted molar refractivity (Wildman–Crippen MR) is 192 cm³/mol. The smallest absolute Gasteiger partial charge is 0.119 e. The van der Waals surface area contributed by atoms with Gasteiger partial charge in [0, 0.05) is 18.5 Å². The summed E-state index contributed by atoms with van der Waals surface area (Å²) in [6, 6.07) is 32.2. The normalized spacial score (nSPS) is 12.5. The molecule has 0 fully saturated rings. The second-order valence-electron chi connectivity index (χ2n) is 12.2. The maximum Gasteiger partial charge on any atom is 0.119 e. The highest BCUT2D eigenvalue weighted by atomic mass is 16.5. The molecule has 3 rings (SSSR count). The molecule has 3 aromatic carbocycles. The highest BCUT2D eigenvalue weighted by molar-refractivity contribution is 5.30. The summed E-state index contributed by atoms with van der Waals surface area (Å²) in [5.41, 5.74) is 12.5. The number of aryl methyl sites for hydroxylation is 1. The summed E-state index contributed by atoms with van der Waals surface area (Å²) in [5, 5.41) is 0. The topological polar surface area (TPSA) is 38.5 Å². The first-order valence-corrected chi connectivity index (χ1v) is 16.5. The second kappa shape index (κ2) is 22.2. The maximum atomic E-state index is 6.10. The monoisotopic (exact) mass is 594 g/mol. The van der Waals surface area contributed by atoms with E-state index in [2.05, 4.69) is 119 Å². The molecule has 2 N–H and O–H groups in total. The molecule has 0 aliphatic carbocycles. The summed E-state index contributed by atoms with van der Waals surface area (Å²) in [7, 11) is 0. The van der Waals surface area contributed by atoms with Gasteiger partial charge in [-0.15, -0.1) is 0 Å². The van der Waals surface area contributed by atoms with Gasteiger partial charge in [0.1, 0.15) is 5.75 Å². The summed E-state index contributed by atoms with van der Waals surface area (Å²) in [4.78, 5) is 2.58. The Labute approximate surface area is 269 Å². The third-order valence-corrected chi connectivity index (χ3v) is 7.66. The van der Waals surface area contributed by atoms with Crippen LogP contribution in [0.2, 0.25) is 0 Å². The van der Waals surface area contributed by atoms with E-state index in [4.69, 9.17) is 10.5 Å². The van der Waals surface area contributed by atoms with Crippen molar-refractivity contribution in [3.05, 3.63) is 137 Å². The zero-order valence-corrected chi connectivity index (χ0v) is 28.3. The van der Waals surface area contributed by atoms with E-state index >= 15 is 0 Å². The van der Waals surface area contributed by atoms with Crippen LogP contribution in [-0.2, 0) is 12.8 Å². The lowest BCUT2D eigenvalue weighted by Crippen LogP contribution is -2.37. The van der Waals surface area contributed by atoms with E-state index in [0.29, 0.717) is 25.2 Å². The summed E-state index contributed by atoms with van der Waals surface area (Å²) in [5.74, 6) is 0.919. The highest BCUT2D eigenvalue weighted by Crippen LogP contribution is 2.18. The van der Waals surface area contributed by atoms with Gasteiger partial charge in [0.2, 0.25) is 0 Å². The van der Waals surface area contributed by atoms with Crippen LogP contribution in [0.15, 0.2) is 126 Å². The molecular formula is C41H58N2O. The fraction of sp³-hybridized carbons (Fsp3) is 0.415. The summed E-state index contributed by atoms with van der Waals surface area (Å²) >= 11 is 0. The molecule has 0 amide bonds. The van der Waals surface area contributed by atoms with Crippen molar-refractivity contribution in [3.8, 4) is 5.75 Å². The van der Waals surface area contributed by atoms with Crippen LogP contribution >= 0.6 is 0 Å². The van der Waals surface area contributed by atoms with Gasteiger partial charge in [-0.3, -0.25) is 4.90 Å². The summed E-state index contributed by atoms with van der Waals surface area (Å²) < 4.78 is 6.10. The van der Waals surface area contributed by atoms with Gasteiger partial charge in [-0.05, 0) is 116 Å². The van der Waals surface area contributed by atoms with Crippen molar-refractivity contribution in [1.82, 2.24) is 4.90 Å². The number of hydrogen-bond donors (Lipinski definition) is 1. The minimum absolute atomic E-state index is 0.584. The Morgan fingerprint density at radius 3 is 1.82 bits per heavy atom. The van der Waals surface area contributed by atoms with Crippen LogP contribution in [0.4, 0.5) is 0 Å². The molecule has 238 valence electrons. The number of hydrogen-bond acceptors (Lipinski definition) is 3. The minimum Gasteiger partial charge on any atom is -0.493 e. The SMILES string of the molecule is C\C(=C/C(=C\C=C(/C)CCc1ccccc1)CCOc1ccc(CCN)cc1)CCCN(C(C)C)C(C)C.c1ccccc1. The molecule has 0 saturated carbocycles. The van der Waals surface area contributed by atoms with E-state index in [1.165, 1.54) is 34.3 Å². The Bertz CT molecular complexity index is 1190. The molecule has 0 saturated heterocycles. The van der Waals surface area contributed by atoms with Crippen molar-refractivity contribution in [1.29, 1.82) is 0 Å². The van der Waals surface area contributed by atoms with Crippen LogP contribution < -0.4 is 10.5 Å². The molecule has 0 heterocycles. The van der Waals surface area contributed by atoms with Gasteiger partial charge in [0.15, 0.2) is 0 Å². The van der Waals surface area contributed by atoms with Crippen LogP contribution in [-0.4, -0.2) is 36.7 Å². The van der Waals surface area contributed by atoms with Gasteiger partial charge < -0.3 is 10.5 Å². The van der Waals surface area contributed by atoms with Gasteiger partial charge in [-0.1, -0.05) is 108 Å². The molecule has 3 nitrogen and oxygen atoms in total. The van der Waals surface area contributed by atoms with E-state index in [1.54, 1.807) is 0 Å². The fourth-order valence-electron chi connectivity index (χ4n) is 5.15. The van der Waals surface area contributed by atoms with Gasteiger partial charge in [0.05, 0.1) is 6.61 Å². The van der Waals surface area contributed by atoms with Crippen molar-refractivity contribution in [2.45, 2.75) is 92.2 Å². The van der Waals surface area contributed by atoms with Crippen LogP contribution in [0, 0.1) is 0 Å². The highest BCUT2D eigenvalue weighted by Gasteiger charge is 2.12. The molecule has 0 radical (unpaired) electrons. The Hall–Kier alpha value is -3.40. The fourth-order valence-corrected chi connectivity index (χ4v) is 5.15. The maximum absolute atomic E-state index is 6.10. The van der Waals surface area contributed by atoms with Crippen molar-refractivity contribution in [2.24, 2.45) is 5.73 Å². The Morgan fingerprint density at radius 1 is 0.682 bits per heavy atom. The Balaban J connectivity index is 0.000000999. The lowest BCUT2D eigenvalue weighted by atomic mass is 10.0. The Kier molecular flexibility index (Phi) is 18.5. The van der Waals surface area contributed by atoms with Gasteiger partial charge in [-0.2, -0.15) is 0 Å². The molecule has 0 atom stereocenters. The van der Waals surface area contributed by atoms with Crippen LogP contribution in [0.5, 0.6) is 5.75 Å². The quantitative estimate of drug-likeness (QED) is 0.158. The number of nitrogens with two attached hydrogens (primary N) is 1. The van der Waals surface area contributed by atoms with Gasteiger partial charge in [-0.25, -0.2) is 0 Å². The first kappa shape index (κ1) is 36.8. The van der Waals surface area contributed by atoms with Crippen molar-refractivity contribution in [2.75, 3.05) is 19.7 Å². The van der Waals surface area contributed by atoms with E-state index in [1.807, 2.05) is 36.4 Å².